The molecular formula is C15H25N5. The fourth-order valence-corrected chi connectivity index (χ4v) is 2.73. The topological polar surface area (TPSA) is 47.7 Å². The highest BCUT2D eigenvalue weighted by molar-refractivity contribution is 5.26. The molecule has 0 fully saturated rings. The number of aromatic nitrogens is 4. The summed E-state index contributed by atoms with van der Waals surface area (Å²) < 4.78 is 3.83. The van der Waals surface area contributed by atoms with Gasteiger partial charge in [0.25, 0.3) is 0 Å². The summed E-state index contributed by atoms with van der Waals surface area (Å²) in [6.45, 7) is 7.36. The van der Waals surface area contributed by atoms with E-state index >= 15 is 0 Å². The molecule has 0 saturated heterocycles. The highest BCUT2D eigenvalue weighted by Crippen LogP contribution is 2.16. The minimum Gasteiger partial charge on any atom is -0.314 e. The van der Waals surface area contributed by atoms with Crippen LogP contribution in [0.3, 0.4) is 0 Å². The molecule has 110 valence electrons. The zero-order valence-corrected chi connectivity index (χ0v) is 13.1. The van der Waals surface area contributed by atoms with Crippen LogP contribution in [0.5, 0.6) is 0 Å². The quantitative estimate of drug-likeness (QED) is 0.870. The van der Waals surface area contributed by atoms with Gasteiger partial charge in [-0.1, -0.05) is 6.92 Å². The van der Waals surface area contributed by atoms with E-state index in [9.17, 15) is 0 Å². The zero-order valence-electron chi connectivity index (χ0n) is 13.1. The first-order valence-corrected chi connectivity index (χ1v) is 7.21. The van der Waals surface area contributed by atoms with Crippen LogP contribution in [0.15, 0.2) is 12.4 Å². The van der Waals surface area contributed by atoms with Crippen molar-refractivity contribution in [1.82, 2.24) is 24.9 Å². The van der Waals surface area contributed by atoms with Crippen molar-refractivity contribution in [3.05, 3.63) is 34.9 Å². The van der Waals surface area contributed by atoms with E-state index in [-0.39, 0.29) is 0 Å². The molecule has 2 aromatic rings. The predicted octanol–water partition coefficient (Wildman–Crippen LogP) is 1.53. The molecule has 0 radical (unpaired) electrons. The molecule has 5 nitrogen and oxygen atoms in total. The van der Waals surface area contributed by atoms with Gasteiger partial charge in [0, 0.05) is 32.0 Å². The Hall–Kier alpha value is -1.62. The summed E-state index contributed by atoms with van der Waals surface area (Å²) in [7, 11) is 3.97. The van der Waals surface area contributed by atoms with Crippen LogP contribution >= 0.6 is 0 Å². The van der Waals surface area contributed by atoms with Crippen LogP contribution in [-0.2, 0) is 26.9 Å². The monoisotopic (exact) mass is 275 g/mol. The van der Waals surface area contributed by atoms with Gasteiger partial charge in [0.05, 0.1) is 11.9 Å². The van der Waals surface area contributed by atoms with E-state index in [1.807, 2.05) is 29.7 Å². The largest absolute Gasteiger partial charge is 0.314 e. The maximum Gasteiger partial charge on any atom is 0.0628 e. The van der Waals surface area contributed by atoms with Crippen LogP contribution in [0.4, 0.5) is 0 Å². The van der Waals surface area contributed by atoms with Gasteiger partial charge in [-0.3, -0.25) is 9.36 Å². The zero-order chi connectivity index (χ0) is 14.7. The number of nitrogens with one attached hydrogen (secondary N) is 1. The minimum atomic E-state index is 0.422. The van der Waals surface area contributed by atoms with Gasteiger partial charge in [0.15, 0.2) is 0 Å². The molecule has 0 aliphatic carbocycles. The Morgan fingerprint density at radius 3 is 2.50 bits per heavy atom. The summed E-state index contributed by atoms with van der Waals surface area (Å²) >= 11 is 0. The van der Waals surface area contributed by atoms with Gasteiger partial charge in [0.1, 0.15) is 0 Å². The summed E-state index contributed by atoms with van der Waals surface area (Å²) in [6.07, 6.45) is 6.05. The standard InChI is InChI=1S/C15H25N5/c1-6-16-14(7-13-9-17-19(4)10-13)8-15-11(2)18-20(5)12(15)3/h9-10,14,16H,6-8H2,1-5H3. The Kier molecular flexibility index (Phi) is 4.60. The minimum absolute atomic E-state index is 0.422. The maximum absolute atomic E-state index is 4.51. The van der Waals surface area contributed by atoms with Crippen molar-refractivity contribution in [3.63, 3.8) is 0 Å². The molecule has 2 heterocycles. The van der Waals surface area contributed by atoms with E-state index in [4.69, 9.17) is 0 Å². The van der Waals surface area contributed by atoms with Crippen molar-refractivity contribution in [2.24, 2.45) is 14.1 Å². The molecule has 0 saturated carbocycles. The number of hydrogen-bond donors (Lipinski definition) is 1. The van der Waals surface area contributed by atoms with Gasteiger partial charge in [0.2, 0.25) is 0 Å². The second kappa shape index (κ2) is 6.22. The molecule has 2 aromatic heterocycles. The summed E-state index contributed by atoms with van der Waals surface area (Å²) in [5.74, 6) is 0. The van der Waals surface area contributed by atoms with Gasteiger partial charge in [-0.05, 0) is 44.4 Å². The van der Waals surface area contributed by atoms with Crippen LogP contribution in [0.25, 0.3) is 0 Å². The average Bonchev–Trinajstić information content (AvgIpc) is 2.89. The van der Waals surface area contributed by atoms with Crippen molar-refractivity contribution in [2.75, 3.05) is 6.54 Å². The molecule has 0 aliphatic rings. The van der Waals surface area contributed by atoms with Gasteiger partial charge in [-0.2, -0.15) is 10.2 Å². The van der Waals surface area contributed by atoms with E-state index in [1.165, 1.54) is 16.8 Å². The lowest BCUT2D eigenvalue weighted by Gasteiger charge is -2.17. The number of aryl methyl sites for hydroxylation is 3. The molecule has 1 N–H and O–H groups in total. The number of nitrogens with zero attached hydrogens (tertiary/aromatic N) is 4. The maximum atomic E-state index is 4.51. The van der Waals surface area contributed by atoms with E-state index in [0.717, 1.165) is 25.1 Å². The summed E-state index contributed by atoms with van der Waals surface area (Å²) in [5, 5.41) is 12.3. The summed E-state index contributed by atoms with van der Waals surface area (Å²) in [6, 6.07) is 0.422. The van der Waals surface area contributed by atoms with Gasteiger partial charge in [-0.15, -0.1) is 0 Å². The van der Waals surface area contributed by atoms with E-state index in [1.54, 1.807) is 0 Å². The Morgan fingerprint density at radius 2 is 2.00 bits per heavy atom. The van der Waals surface area contributed by atoms with Crippen molar-refractivity contribution >= 4 is 0 Å². The molecule has 1 unspecified atom stereocenters. The summed E-state index contributed by atoms with van der Waals surface area (Å²) in [4.78, 5) is 0. The first-order chi connectivity index (χ1) is 9.51. The van der Waals surface area contributed by atoms with Crippen LogP contribution in [0.1, 0.15) is 29.4 Å². The van der Waals surface area contributed by atoms with Gasteiger partial charge >= 0.3 is 0 Å². The lowest BCUT2D eigenvalue weighted by atomic mass is 9.99. The average molecular weight is 275 g/mol. The van der Waals surface area contributed by atoms with Crippen molar-refractivity contribution in [2.45, 2.75) is 39.7 Å². The smallest absolute Gasteiger partial charge is 0.0628 e. The molecule has 0 spiro atoms. The highest BCUT2D eigenvalue weighted by Gasteiger charge is 2.16. The van der Waals surface area contributed by atoms with E-state index in [0.29, 0.717) is 6.04 Å². The molecule has 1 atom stereocenters. The summed E-state index contributed by atoms with van der Waals surface area (Å²) in [5.41, 5.74) is 5.04. The Balaban J connectivity index is 2.12. The third-order valence-corrected chi connectivity index (χ3v) is 3.84. The molecule has 0 amide bonds. The van der Waals surface area contributed by atoms with Crippen LogP contribution < -0.4 is 5.32 Å². The van der Waals surface area contributed by atoms with Crippen molar-refractivity contribution in [1.29, 1.82) is 0 Å². The molecular weight excluding hydrogens is 250 g/mol. The lowest BCUT2D eigenvalue weighted by Crippen LogP contribution is -2.33. The number of rotatable bonds is 6. The van der Waals surface area contributed by atoms with Crippen LogP contribution in [0.2, 0.25) is 0 Å². The predicted molar refractivity (Wildman–Crippen MR) is 80.8 cm³/mol. The van der Waals surface area contributed by atoms with Gasteiger partial charge < -0.3 is 5.32 Å². The Labute approximate surface area is 121 Å². The SMILES string of the molecule is CCNC(Cc1cnn(C)c1)Cc1c(C)nn(C)c1C. The lowest BCUT2D eigenvalue weighted by molar-refractivity contribution is 0.519. The van der Waals surface area contributed by atoms with Crippen LogP contribution in [-0.4, -0.2) is 32.1 Å². The molecule has 5 heteroatoms. The number of hydrogen-bond acceptors (Lipinski definition) is 3. The Bertz CT molecular complexity index is 567. The first-order valence-electron chi connectivity index (χ1n) is 7.21. The van der Waals surface area contributed by atoms with Crippen molar-refractivity contribution in [3.8, 4) is 0 Å². The molecule has 0 aromatic carbocycles. The molecule has 0 aliphatic heterocycles. The van der Waals surface area contributed by atoms with E-state index in [2.05, 4.69) is 42.5 Å². The second-order valence-electron chi connectivity index (χ2n) is 5.46. The molecule has 2 rings (SSSR count). The fraction of sp³-hybridized carbons (Fsp3) is 0.600. The first kappa shape index (κ1) is 14.8. The second-order valence-corrected chi connectivity index (χ2v) is 5.46. The third kappa shape index (κ3) is 3.28. The van der Waals surface area contributed by atoms with E-state index < -0.39 is 0 Å². The highest BCUT2D eigenvalue weighted by atomic mass is 15.3. The fourth-order valence-electron chi connectivity index (χ4n) is 2.73. The Morgan fingerprint density at radius 1 is 1.25 bits per heavy atom. The van der Waals surface area contributed by atoms with Crippen LogP contribution in [0, 0.1) is 13.8 Å². The normalized spacial score (nSPS) is 12.8. The molecule has 20 heavy (non-hydrogen) atoms. The molecule has 0 bridgehead atoms. The van der Waals surface area contributed by atoms with Crippen molar-refractivity contribution < 1.29 is 0 Å². The third-order valence-electron chi connectivity index (χ3n) is 3.84. The van der Waals surface area contributed by atoms with Gasteiger partial charge in [-0.25, -0.2) is 0 Å². The number of likely N-dealkylation sites (N-methyl/N-ethyl adjacent to an activating group) is 1.